The van der Waals surface area contributed by atoms with Crippen molar-refractivity contribution in [2.45, 2.75) is 71.0 Å². The Labute approximate surface area is 146 Å². The van der Waals surface area contributed by atoms with E-state index in [1.165, 1.54) is 32.1 Å². The molecule has 24 heavy (non-hydrogen) atoms. The van der Waals surface area contributed by atoms with Crippen molar-refractivity contribution >= 4 is 18.3 Å². The van der Waals surface area contributed by atoms with E-state index in [9.17, 15) is 0 Å². The van der Waals surface area contributed by atoms with E-state index < -0.39 is 0 Å². The number of benzene rings is 1. The van der Waals surface area contributed by atoms with Crippen LogP contribution in [0.3, 0.4) is 0 Å². The molecule has 0 amide bonds. The summed E-state index contributed by atoms with van der Waals surface area (Å²) < 4.78 is 18.1. The molecule has 1 saturated carbocycles. The lowest BCUT2D eigenvalue weighted by atomic mass is 9.79. The Morgan fingerprint density at radius 3 is 2.29 bits per heavy atom. The first-order valence-electron chi connectivity index (χ1n) is 9.16. The van der Waals surface area contributed by atoms with Crippen molar-refractivity contribution in [2.75, 3.05) is 12.3 Å². The molecule has 2 fully saturated rings. The summed E-state index contributed by atoms with van der Waals surface area (Å²) in [5.41, 5.74) is 7.11. The molecule has 0 bridgehead atoms. The van der Waals surface area contributed by atoms with Crippen molar-refractivity contribution in [2.24, 2.45) is 5.92 Å². The van der Waals surface area contributed by atoms with Gasteiger partial charge in [-0.1, -0.05) is 25.3 Å². The van der Waals surface area contributed by atoms with E-state index in [2.05, 4.69) is 27.7 Å². The van der Waals surface area contributed by atoms with Gasteiger partial charge in [-0.15, -0.1) is 0 Å². The second kappa shape index (κ2) is 6.60. The molecule has 0 unspecified atom stereocenters. The highest BCUT2D eigenvalue weighted by Crippen LogP contribution is 2.37. The van der Waals surface area contributed by atoms with Gasteiger partial charge in [0.2, 0.25) is 0 Å². The fraction of sp³-hybridized carbons (Fsp3) is 0.684. The third-order valence-corrected chi connectivity index (χ3v) is 5.76. The van der Waals surface area contributed by atoms with Gasteiger partial charge < -0.3 is 19.8 Å². The molecule has 132 valence electrons. The molecule has 1 aliphatic carbocycles. The predicted molar refractivity (Wildman–Crippen MR) is 98.6 cm³/mol. The highest BCUT2D eigenvalue weighted by molar-refractivity contribution is 6.62. The fourth-order valence-electron chi connectivity index (χ4n) is 3.39. The van der Waals surface area contributed by atoms with Gasteiger partial charge in [0.1, 0.15) is 5.75 Å². The monoisotopic (exact) mass is 331 g/mol. The van der Waals surface area contributed by atoms with Gasteiger partial charge in [0.25, 0.3) is 0 Å². The van der Waals surface area contributed by atoms with Crippen LogP contribution < -0.4 is 15.9 Å². The molecule has 1 aromatic carbocycles. The highest BCUT2D eigenvalue weighted by atomic mass is 16.7. The molecule has 1 heterocycles. The van der Waals surface area contributed by atoms with E-state index in [1.807, 2.05) is 18.2 Å². The van der Waals surface area contributed by atoms with Crippen LogP contribution in [0.15, 0.2) is 18.2 Å². The maximum atomic E-state index is 6.20. The maximum absolute atomic E-state index is 6.20. The molecule has 1 saturated heterocycles. The van der Waals surface area contributed by atoms with E-state index in [0.29, 0.717) is 11.6 Å². The van der Waals surface area contributed by atoms with Gasteiger partial charge in [-0.2, -0.15) is 0 Å². The fourth-order valence-corrected chi connectivity index (χ4v) is 3.39. The van der Waals surface area contributed by atoms with Gasteiger partial charge in [0.15, 0.2) is 0 Å². The van der Waals surface area contributed by atoms with E-state index in [-0.39, 0.29) is 18.3 Å². The molecule has 2 aliphatic rings. The Hall–Kier alpha value is -1.20. The molecule has 4 nitrogen and oxygen atoms in total. The standard InChI is InChI=1S/C19H30BNO3/c1-18(2)19(3,4)24-20(23-18)15-10-11-17(16(21)12-15)22-13-14-8-6-5-7-9-14/h10-12,14H,5-9,13,21H2,1-4H3. The van der Waals surface area contributed by atoms with Crippen LogP contribution in [-0.4, -0.2) is 24.9 Å². The van der Waals surface area contributed by atoms with Crippen LogP contribution in [0.25, 0.3) is 0 Å². The summed E-state index contributed by atoms with van der Waals surface area (Å²) in [4.78, 5) is 0. The molecule has 2 N–H and O–H groups in total. The van der Waals surface area contributed by atoms with E-state index >= 15 is 0 Å². The lowest BCUT2D eigenvalue weighted by Gasteiger charge is -2.32. The lowest BCUT2D eigenvalue weighted by Crippen LogP contribution is -2.41. The second-order valence-corrected chi connectivity index (χ2v) is 8.20. The number of ether oxygens (including phenoxy) is 1. The van der Waals surface area contributed by atoms with Crippen molar-refractivity contribution < 1.29 is 14.0 Å². The van der Waals surface area contributed by atoms with Crippen LogP contribution in [0.2, 0.25) is 0 Å². The van der Waals surface area contributed by atoms with Crippen LogP contribution >= 0.6 is 0 Å². The Morgan fingerprint density at radius 1 is 1.08 bits per heavy atom. The average Bonchev–Trinajstić information content (AvgIpc) is 2.75. The van der Waals surface area contributed by atoms with Crippen molar-refractivity contribution in [3.63, 3.8) is 0 Å². The zero-order chi connectivity index (χ0) is 17.4. The van der Waals surface area contributed by atoms with Crippen molar-refractivity contribution in [3.05, 3.63) is 18.2 Å². The van der Waals surface area contributed by atoms with Gasteiger partial charge in [0.05, 0.1) is 23.5 Å². The molecule has 0 atom stereocenters. The first-order chi connectivity index (χ1) is 11.3. The number of nitrogen functional groups attached to an aromatic ring is 1. The molecule has 3 rings (SSSR count). The summed E-state index contributed by atoms with van der Waals surface area (Å²) in [6.07, 6.45) is 6.55. The first-order valence-corrected chi connectivity index (χ1v) is 9.16. The van der Waals surface area contributed by atoms with Gasteiger partial charge in [-0.05, 0) is 64.1 Å². The summed E-state index contributed by atoms with van der Waals surface area (Å²) >= 11 is 0. The Bertz CT molecular complexity index is 566. The summed E-state index contributed by atoms with van der Waals surface area (Å²) in [7, 11) is -0.385. The van der Waals surface area contributed by atoms with Gasteiger partial charge >= 0.3 is 7.12 Å². The van der Waals surface area contributed by atoms with Crippen molar-refractivity contribution in [1.82, 2.24) is 0 Å². The lowest BCUT2D eigenvalue weighted by molar-refractivity contribution is 0.00578. The molecular formula is C19H30BNO3. The zero-order valence-electron chi connectivity index (χ0n) is 15.4. The predicted octanol–water partition coefficient (Wildman–Crippen LogP) is 3.53. The second-order valence-electron chi connectivity index (χ2n) is 8.20. The van der Waals surface area contributed by atoms with Crippen LogP contribution in [0.1, 0.15) is 59.8 Å². The normalized spacial score (nSPS) is 23.4. The Morgan fingerprint density at radius 2 is 1.71 bits per heavy atom. The minimum atomic E-state index is -0.385. The molecule has 0 aromatic heterocycles. The molecule has 1 aliphatic heterocycles. The minimum absolute atomic E-state index is 0.345. The SMILES string of the molecule is CC1(C)OB(c2ccc(OCC3CCCCC3)c(N)c2)OC1(C)C. The molecular weight excluding hydrogens is 301 g/mol. The zero-order valence-corrected chi connectivity index (χ0v) is 15.4. The van der Waals surface area contributed by atoms with Crippen LogP contribution in [0, 0.1) is 5.92 Å². The third kappa shape index (κ3) is 3.57. The summed E-state index contributed by atoms with van der Waals surface area (Å²) in [6, 6.07) is 5.85. The minimum Gasteiger partial charge on any atom is -0.491 e. The Balaban J connectivity index is 1.64. The molecule has 0 spiro atoms. The van der Waals surface area contributed by atoms with Crippen molar-refractivity contribution in [3.8, 4) is 5.75 Å². The highest BCUT2D eigenvalue weighted by Gasteiger charge is 2.51. The van der Waals surface area contributed by atoms with E-state index in [0.717, 1.165) is 17.8 Å². The average molecular weight is 331 g/mol. The number of anilines is 1. The van der Waals surface area contributed by atoms with Gasteiger partial charge in [0, 0.05) is 0 Å². The van der Waals surface area contributed by atoms with Crippen LogP contribution in [0.4, 0.5) is 5.69 Å². The van der Waals surface area contributed by atoms with Gasteiger partial charge in [-0.3, -0.25) is 0 Å². The number of rotatable bonds is 4. The summed E-state index contributed by atoms with van der Waals surface area (Å²) in [5, 5.41) is 0. The smallest absolute Gasteiger partial charge is 0.491 e. The molecule has 5 heteroatoms. The summed E-state index contributed by atoms with van der Waals surface area (Å²) in [5.74, 6) is 1.43. The topological polar surface area (TPSA) is 53.7 Å². The van der Waals surface area contributed by atoms with Gasteiger partial charge in [-0.25, -0.2) is 0 Å². The number of hydrogen-bond acceptors (Lipinski definition) is 4. The quantitative estimate of drug-likeness (QED) is 0.677. The molecule has 0 radical (unpaired) electrons. The largest absolute Gasteiger partial charge is 0.494 e. The van der Waals surface area contributed by atoms with E-state index in [4.69, 9.17) is 19.8 Å². The summed E-state index contributed by atoms with van der Waals surface area (Å²) in [6.45, 7) is 8.98. The third-order valence-electron chi connectivity index (χ3n) is 5.76. The number of hydrogen-bond donors (Lipinski definition) is 1. The van der Waals surface area contributed by atoms with Crippen LogP contribution in [0.5, 0.6) is 5.75 Å². The maximum Gasteiger partial charge on any atom is 0.494 e. The first kappa shape index (κ1) is 17.6. The van der Waals surface area contributed by atoms with E-state index in [1.54, 1.807) is 0 Å². The van der Waals surface area contributed by atoms with Crippen LogP contribution in [-0.2, 0) is 9.31 Å². The Kier molecular flexibility index (Phi) is 4.85. The molecule has 1 aromatic rings. The van der Waals surface area contributed by atoms with Crippen molar-refractivity contribution in [1.29, 1.82) is 0 Å². The number of nitrogens with two attached hydrogens (primary N) is 1.